The van der Waals surface area contributed by atoms with Gasteiger partial charge >= 0.3 is 0 Å². The van der Waals surface area contributed by atoms with E-state index in [1.165, 1.54) is 18.2 Å². The molecule has 0 radical (unpaired) electrons. The SMILES string of the molecule is O=C=Nc1cccc(/N=N/c2ccc(N=C=O)cc2Cl)c1. The molecule has 0 saturated carbocycles. The molecule has 2 aromatic carbocycles. The molecule has 2 rings (SSSR count). The van der Waals surface area contributed by atoms with E-state index in [2.05, 4.69) is 20.2 Å². The second-order valence-corrected chi connectivity index (χ2v) is 4.17. The van der Waals surface area contributed by atoms with Crippen molar-refractivity contribution in [2.45, 2.75) is 0 Å². The fourth-order valence-electron chi connectivity index (χ4n) is 1.49. The number of hydrogen-bond acceptors (Lipinski definition) is 6. The van der Waals surface area contributed by atoms with E-state index in [4.69, 9.17) is 11.6 Å². The Bertz CT molecular complexity index is 791. The van der Waals surface area contributed by atoms with Crippen molar-refractivity contribution < 1.29 is 9.59 Å². The molecule has 6 nitrogen and oxygen atoms in total. The number of hydrogen-bond donors (Lipinski definition) is 0. The molecule has 21 heavy (non-hydrogen) atoms. The third-order valence-electron chi connectivity index (χ3n) is 2.38. The summed E-state index contributed by atoms with van der Waals surface area (Å²) in [6.07, 6.45) is 2.88. The van der Waals surface area contributed by atoms with E-state index in [9.17, 15) is 9.59 Å². The number of aliphatic imine (C=N–C) groups is 2. The van der Waals surface area contributed by atoms with Crippen LogP contribution >= 0.6 is 11.6 Å². The van der Waals surface area contributed by atoms with Crippen molar-refractivity contribution in [3.05, 3.63) is 47.5 Å². The van der Waals surface area contributed by atoms with Gasteiger partial charge in [0.25, 0.3) is 0 Å². The van der Waals surface area contributed by atoms with Gasteiger partial charge in [0.15, 0.2) is 0 Å². The molecule has 0 amide bonds. The Morgan fingerprint density at radius 3 is 2.14 bits per heavy atom. The number of halogens is 1. The Hall–Kier alpha value is -2.91. The highest BCUT2D eigenvalue weighted by atomic mass is 35.5. The maximum absolute atomic E-state index is 10.2. The first kappa shape index (κ1) is 14.5. The molecule has 0 aliphatic heterocycles. The fraction of sp³-hybridized carbons (Fsp3) is 0. The van der Waals surface area contributed by atoms with Crippen LogP contribution in [-0.2, 0) is 9.59 Å². The molecule has 0 atom stereocenters. The van der Waals surface area contributed by atoms with E-state index in [1.54, 1.807) is 36.4 Å². The minimum absolute atomic E-state index is 0.303. The largest absolute Gasteiger partial charge is 0.240 e. The normalized spacial score (nSPS) is 9.95. The van der Waals surface area contributed by atoms with Crippen molar-refractivity contribution >= 4 is 46.5 Å². The number of nitrogens with zero attached hydrogens (tertiary/aromatic N) is 4. The van der Waals surface area contributed by atoms with Crippen LogP contribution in [0.2, 0.25) is 5.02 Å². The molecule has 102 valence electrons. The summed E-state index contributed by atoms with van der Waals surface area (Å²) in [6, 6.07) is 11.2. The van der Waals surface area contributed by atoms with Crippen LogP contribution in [0.25, 0.3) is 0 Å². The van der Waals surface area contributed by atoms with Gasteiger partial charge in [0.1, 0.15) is 5.69 Å². The van der Waals surface area contributed by atoms with Crippen LogP contribution in [0.15, 0.2) is 62.7 Å². The first-order chi connectivity index (χ1) is 10.2. The van der Waals surface area contributed by atoms with Gasteiger partial charge in [0.2, 0.25) is 12.2 Å². The van der Waals surface area contributed by atoms with Crippen molar-refractivity contribution in [1.82, 2.24) is 0 Å². The molecule has 0 unspecified atom stereocenters. The van der Waals surface area contributed by atoms with Crippen LogP contribution < -0.4 is 0 Å². The van der Waals surface area contributed by atoms with Gasteiger partial charge in [0.05, 0.1) is 22.1 Å². The van der Waals surface area contributed by atoms with E-state index >= 15 is 0 Å². The molecule has 0 spiro atoms. The maximum atomic E-state index is 10.2. The standard InChI is InChI=1S/C14H7ClN4O2/c15-13-7-11(17-9-21)4-5-14(13)19-18-12-3-1-2-10(6-12)16-8-20/h1-7H/b19-18+. The summed E-state index contributed by atoms with van der Waals surface area (Å²) in [5, 5.41) is 8.29. The summed E-state index contributed by atoms with van der Waals surface area (Å²) in [4.78, 5) is 27.3. The zero-order chi connectivity index (χ0) is 15.1. The minimum atomic E-state index is 0.303. The topological polar surface area (TPSA) is 83.6 Å². The van der Waals surface area contributed by atoms with E-state index in [-0.39, 0.29) is 0 Å². The minimum Gasteiger partial charge on any atom is -0.211 e. The van der Waals surface area contributed by atoms with E-state index in [0.717, 1.165) is 0 Å². The predicted octanol–water partition coefficient (Wildman–Crippen LogP) is 4.69. The molecule has 0 bridgehead atoms. The highest BCUT2D eigenvalue weighted by Crippen LogP contribution is 2.31. The summed E-state index contributed by atoms with van der Waals surface area (Å²) in [5.74, 6) is 0. The summed E-state index contributed by atoms with van der Waals surface area (Å²) >= 11 is 6.00. The number of carbonyl (C=O) groups excluding carboxylic acids is 2. The van der Waals surface area contributed by atoms with Crippen molar-refractivity contribution in [2.24, 2.45) is 20.2 Å². The lowest BCUT2D eigenvalue weighted by Crippen LogP contribution is -1.70. The molecule has 0 aromatic heterocycles. The van der Waals surface area contributed by atoms with Crippen molar-refractivity contribution in [2.75, 3.05) is 0 Å². The predicted molar refractivity (Wildman–Crippen MR) is 77.6 cm³/mol. The van der Waals surface area contributed by atoms with Gasteiger partial charge in [-0.1, -0.05) is 17.7 Å². The lowest BCUT2D eigenvalue weighted by Gasteiger charge is -1.98. The third kappa shape index (κ3) is 4.03. The summed E-state index contributed by atoms with van der Waals surface area (Å²) in [7, 11) is 0. The van der Waals surface area contributed by atoms with Gasteiger partial charge in [-0.15, -0.1) is 5.11 Å². The molecule has 7 heteroatoms. The van der Waals surface area contributed by atoms with Gasteiger partial charge in [-0.2, -0.15) is 15.1 Å². The average Bonchev–Trinajstić information content (AvgIpc) is 2.47. The molecule has 0 saturated heterocycles. The van der Waals surface area contributed by atoms with Gasteiger partial charge < -0.3 is 0 Å². The first-order valence-corrected chi connectivity index (χ1v) is 6.08. The van der Waals surface area contributed by atoms with Crippen LogP contribution in [0.3, 0.4) is 0 Å². The van der Waals surface area contributed by atoms with Crippen LogP contribution in [0, 0.1) is 0 Å². The van der Waals surface area contributed by atoms with Crippen molar-refractivity contribution in [3.8, 4) is 0 Å². The van der Waals surface area contributed by atoms with Crippen LogP contribution in [0.4, 0.5) is 22.7 Å². The quantitative estimate of drug-likeness (QED) is 0.466. The summed E-state index contributed by atoms with van der Waals surface area (Å²) < 4.78 is 0. The first-order valence-electron chi connectivity index (χ1n) is 5.70. The van der Waals surface area contributed by atoms with Gasteiger partial charge in [-0.25, -0.2) is 9.59 Å². The zero-order valence-electron chi connectivity index (χ0n) is 10.5. The fourth-order valence-corrected chi connectivity index (χ4v) is 1.70. The summed E-state index contributed by atoms with van der Waals surface area (Å²) in [6.45, 7) is 0. The molecule has 0 heterocycles. The average molecular weight is 299 g/mol. The van der Waals surface area contributed by atoms with E-state index < -0.39 is 0 Å². The summed E-state index contributed by atoms with van der Waals surface area (Å²) in [5.41, 5.74) is 1.75. The Balaban J connectivity index is 2.27. The number of azo groups is 1. The highest BCUT2D eigenvalue weighted by Gasteiger charge is 2.01. The molecular weight excluding hydrogens is 292 g/mol. The lowest BCUT2D eigenvalue weighted by atomic mass is 10.3. The number of rotatable bonds is 4. The van der Waals surface area contributed by atoms with Gasteiger partial charge in [0, 0.05) is 0 Å². The van der Waals surface area contributed by atoms with Crippen LogP contribution in [0.1, 0.15) is 0 Å². The van der Waals surface area contributed by atoms with Gasteiger partial charge in [-0.3, -0.25) is 0 Å². The Labute approximate surface area is 124 Å². The van der Waals surface area contributed by atoms with Crippen LogP contribution in [0.5, 0.6) is 0 Å². The third-order valence-corrected chi connectivity index (χ3v) is 2.69. The smallest absolute Gasteiger partial charge is 0.211 e. The number of benzene rings is 2. The zero-order valence-corrected chi connectivity index (χ0v) is 11.3. The molecule has 0 aliphatic rings. The molecule has 0 fully saturated rings. The second-order valence-electron chi connectivity index (χ2n) is 3.76. The molecule has 0 N–H and O–H groups in total. The van der Waals surface area contributed by atoms with Crippen molar-refractivity contribution in [1.29, 1.82) is 0 Å². The molecule has 2 aromatic rings. The Kier molecular flexibility index (Phi) is 4.85. The monoisotopic (exact) mass is 298 g/mol. The van der Waals surface area contributed by atoms with Crippen LogP contribution in [-0.4, -0.2) is 12.2 Å². The Morgan fingerprint density at radius 2 is 1.48 bits per heavy atom. The molecule has 0 aliphatic carbocycles. The van der Waals surface area contributed by atoms with E-state index in [0.29, 0.717) is 27.8 Å². The van der Waals surface area contributed by atoms with Crippen molar-refractivity contribution in [3.63, 3.8) is 0 Å². The maximum Gasteiger partial charge on any atom is 0.240 e. The Morgan fingerprint density at radius 1 is 0.810 bits per heavy atom. The second kappa shape index (κ2) is 7.03. The number of isocyanates is 2. The lowest BCUT2D eigenvalue weighted by molar-refractivity contribution is 0.564. The highest BCUT2D eigenvalue weighted by molar-refractivity contribution is 6.33. The van der Waals surface area contributed by atoms with E-state index in [1.807, 2.05) is 0 Å². The molecular formula is C14H7ClN4O2. The van der Waals surface area contributed by atoms with Gasteiger partial charge in [-0.05, 0) is 36.4 Å².